The molecule has 2 aliphatic carbocycles. The van der Waals surface area contributed by atoms with E-state index in [4.69, 9.17) is 4.74 Å². The molecule has 1 amide bonds. The van der Waals surface area contributed by atoms with Crippen LogP contribution in [0.2, 0.25) is 0 Å². The number of amides is 1. The largest absolute Gasteiger partial charge is 0.383 e. The van der Waals surface area contributed by atoms with E-state index in [0.717, 1.165) is 12.8 Å². The third kappa shape index (κ3) is 3.46. The molecule has 4 nitrogen and oxygen atoms in total. The molecule has 16 heavy (non-hydrogen) atoms. The summed E-state index contributed by atoms with van der Waals surface area (Å²) in [7, 11) is 1.71. The molecule has 2 aliphatic rings. The number of rotatable bonds is 7. The molecule has 0 aromatic heterocycles. The van der Waals surface area contributed by atoms with Crippen molar-refractivity contribution in [1.82, 2.24) is 10.6 Å². The maximum atomic E-state index is 11.8. The number of hydrogen-bond acceptors (Lipinski definition) is 3. The summed E-state index contributed by atoms with van der Waals surface area (Å²) in [5, 5.41) is 6.39. The van der Waals surface area contributed by atoms with Crippen LogP contribution in [0.1, 0.15) is 32.6 Å². The maximum Gasteiger partial charge on any atom is 0.237 e. The number of methoxy groups -OCH3 is 1. The van der Waals surface area contributed by atoms with E-state index >= 15 is 0 Å². The van der Waals surface area contributed by atoms with Crippen LogP contribution in [-0.2, 0) is 9.53 Å². The van der Waals surface area contributed by atoms with E-state index in [1.165, 1.54) is 12.8 Å². The normalized spacial score (nSPS) is 23.9. The molecule has 0 bridgehead atoms. The predicted molar refractivity (Wildman–Crippen MR) is 62.2 cm³/mol. The summed E-state index contributed by atoms with van der Waals surface area (Å²) in [6, 6.07) is 0.671. The Hall–Kier alpha value is -0.610. The highest BCUT2D eigenvalue weighted by Crippen LogP contribution is 2.32. The molecule has 0 aromatic rings. The first-order valence-electron chi connectivity index (χ1n) is 6.26. The summed E-state index contributed by atoms with van der Waals surface area (Å²) in [4.78, 5) is 11.8. The highest BCUT2D eigenvalue weighted by Gasteiger charge is 2.33. The zero-order chi connectivity index (χ0) is 11.5. The standard InChI is InChI=1S/C12H22N2O2/c1-8(12(15)14-10-5-6-10)13-11(7-16-2)9-3-4-9/h8-11,13H,3-7H2,1-2H3,(H,14,15). The van der Waals surface area contributed by atoms with Crippen LogP contribution < -0.4 is 10.6 Å². The molecule has 0 aromatic carbocycles. The average Bonchev–Trinajstić information content (AvgIpc) is 3.10. The highest BCUT2D eigenvalue weighted by atomic mass is 16.5. The van der Waals surface area contributed by atoms with Crippen molar-refractivity contribution in [3.8, 4) is 0 Å². The molecule has 2 saturated carbocycles. The Morgan fingerprint density at radius 2 is 2.06 bits per heavy atom. The topological polar surface area (TPSA) is 50.4 Å². The lowest BCUT2D eigenvalue weighted by atomic mass is 10.1. The molecule has 2 atom stereocenters. The monoisotopic (exact) mass is 226 g/mol. The Kier molecular flexibility index (Phi) is 3.82. The van der Waals surface area contributed by atoms with Crippen molar-refractivity contribution in [2.75, 3.05) is 13.7 Å². The molecule has 2 unspecified atom stereocenters. The predicted octanol–water partition coefficient (Wildman–Crippen LogP) is 0.668. The first-order valence-corrected chi connectivity index (χ1v) is 6.26. The Balaban J connectivity index is 1.73. The number of hydrogen-bond donors (Lipinski definition) is 2. The third-order valence-corrected chi connectivity index (χ3v) is 3.32. The van der Waals surface area contributed by atoms with Crippen molar-refractivity contribution in [2.45, 2.75) is 50.7 Å². The van der Waals surface area contributed by atoms with Crippen LogP contribution in [0.3, 0.4) is 0 Å². The van der Waals surface area contributed by atoms with Crippen LogP contribution in [0.15, 0.2) is 0 Å². The third-order valence-electron chi connectivity index (χ3n) is 3.32. The van der Waals surface area contributed by atoms with Crippen molar-refractivity contribution in [3.63, 3.8) is 0 Å². The van der Waals surface area contributed by atoms with Crippen molar-refractivity contribution in [2.24, 2.45) is 5.92 Å². The molecule has 0 saturated heterocycles. The van der Waals surface area contributed by atoms with Gasteiger partial charge >= 0.3 is 0 Å². The average molecular weight is 226 g/mol. The molecule has 0 spiro atoms. The minimum Gasteiger partial charge on any atom is -0.383 e. The van der Waals surface area contributed by atoms with Gasteiger partial charge in [0, 0.05) is 19.2 Å². The number of ether oxygens (including phenoxy) is 1. The van der Waals surface area contributed by atoms with Crippen molar-refractivity contribution < 1.29 is 9.53 Å². The van der Waals surface area contributed by atoms with Gasteiger partial charge in [-0.3, -0.25) is 4.79 Å². The summed E-state index contributed by atoms with van der Waals surface area (Å²) in [5.74, 6) is 0.834. The molecule has 2 fully saturated rings. The van der Waals surface area contributed by atoms with Gasteiger partial charge in [0.25, 0.3) is 0 Å². The summed E-state index contributed by atoms with van der Waals surface area (Å²) in [5.41, 5.74) is 0. The molecular weight excluding hydrogens is 204 g/mol. The van der Waals surface area contributed by atoms with Gasteiger partial charge in [-0.25, -0.2) is 0 Å². The minimum absolute atomic E-state index is 0.110. The van der Waals surface area contributed by atoms with Crippen LogP contribution in [0.4, 0.5) is 0 Å². The smallest absolute Gasteiger partial charge is 0.237 e. The van der Waals surface area contributed by atoms with Gasteiger partial charge in [0.05, 0.1) is 12.6 Å². The Bertz CT molecular complexity index is 249. The van der Waals surface area contributed by atoms with Crippen LogP contribution in [0.25, 0.3) is 0 Å². The van der Waals surface area contributed by atoms with E-state index in [1.54, 1.807) is 7.11 Å². The quantitative estimate of drug-likeness (QED) is 0.671. The lowest BCUT2D eigenvalue weighted by Gasteiger charge is -2.22. The minimum atomic E-state index is -0.110. The van der Waals surface area contributed by atoms with E-state index in [2.05, 4.69) is 10.6 Å². The molecule has 0 aliphatic heterocycles. The van der Waals surface area contributed by atoms with Crippen molar-refractivity contribution in [1.29, 1.82) is 0 Å². The fourth-order valence-electron chi connectivity index (χ4n) is 1.95. The van der Waals surface area contributed by atoms with E-state index in [1.807, 2.05) is 6.92 Å². The van der Waals surface area contributed by atoms with E-state index < -0.39 is 0 Å². The highest BCUT2D eigenvalue weighted by molar-refractivity contribution is 5.81. The number of nitrogens with one attached hydrogen (secondary N) is 2. The number of carbonyl (C=O) groups excluding carboxylic acids is 1. The van der Waals surface area contributed by atoms with Gasteiger partial charge in [-0.2, -0.15) is 0 Å². The van der Waals surface area contributed by atoms with Gasteiger partial charge in [-0.05, 0) is 38.5 Å². The first-order chi connectivity index (χ1) is 7.70. The number of carbonyl (C=O) groups is 1. The zero-order valence-corrected chi connectivity index (χ0v) is 10.2. The van der Waals surface area contributed by atoms with Crippen LogP contribution in [0.5, 0.6) is 0 Å². The zero-order valence-electron chi connectivity index (χ0n) is 10.2. The Morgan fingerprint density at radius 3 is 2.56 bits per heavy atom. The van der Waals surface area contributed by atoms with E-state index in [9.17, 15) is 4.79 Å². The summed E-state index contributed by atoms with van der Waals surface area (Å²) < 4.78 is 5.19. The fourth-order valence-corrected chi connectivity index (χ4v) is 1.95. The van der Waals surface area contributed by atoms with Gasteiger partial charge in [-0.15, -0.1) is 0 Å². The first kappa shape index (κ1) is 11.9. The van der Waals surface area contributed by atoms with Crippen molar-refractivity contribution in [3.05, 3.63) is 0 Å². The molecule has 0 radical (unpaired) electrons. The molecule has 92 valence electrons. The lowest BCUT2D eigenvalue weighted by Crippen LogP contribution is -2.49. The van der Waals surface area contributed by atoms with Gasteiger partial charge in [0.2, 0.25) is 5.91 Å². The lowest BCUT2D eigenvalue weighted by molar-refractivity contribution is -0.123. The van der Waals surface area contributed by atoms with E-state index in [0.29, 0.717) is 24.6 Å². The second-order valence-electron chi connectivity index (χ2n) is 5.07. The van der Waals surface area contributed by atoms with Crippen molar-refractivity contribution >= 4 is 5.91 Å². The SMILES string of the molecule is COCC(NC(C)C(=O)NC1CC1)C1CC1. The van der Waals surface area contributed by atoms with E-state index in [-0.39, 0.29) is 11.9 Å². The molecular formula is C12H22N2O2. The second kappa shape index (κ2) is 5.15. The molecule has 0 heterocycles. The van der Waals surface area contributed by atoms with Crippen LogP contribution in [0, 0.1) is 5.92 Å². The summed E-state index contributed by atoms with van der Waals surface area (Å²) >= 11 is 0. The molecule has 4 heteroatoms. The van der Waals surface area contributed by atoms with Gasteiger partial charge in [-0.1, -0.05) is 0 Å². The summed E-state index contributed by atoms with van der Waals surface area (Å²) in [6.45, 7) is 2.63. The summed E-state index contributed by atoms with van der Waals surface area (Å²) in [6.07, 6.45) is 4.81. The van der Waals surface area contributed by atoms with Gasteiger partial charge in [0.15, 0.2) is 0 Å². The molecule has 2 rings (SSSR count). The van der Waals surface area contributed by atoms with Crippen LogP contribution >= 0.6 is 0 Å². The second-order valence-corrected chi connectivity index (χ2v) is 5.07. The van der Waals surface area contributed by atoms with Crippen LogP contribution in [-0.4, -0.2) is 37.7 Å². The maximum absolute atomic E-state index is 11.8. The fraction of sp³-hybridized carbons (Fsp3) is 0.917. The Labute approximate surface area is 97.1 Å². The molecule has 2 N–H and O–H groups in total. The van der Waals surface area contributed by atoms with Gasteiger partial charge < -0.3 is 15.4 Å². The van der Waals surface area contributed by atoms with Gasteiger partial charge in [0.1, 0.15) is 0 Å². The Morgan fingerprint density at radius 1 is 1.38 bits per heavy atom.